The summed E-state index contributed by atoms with van der Waals surface area (Å²) in [4.78, 5) is 16.0. The Bertz CT molecular complexity index is 791. The Balaban J connectivity index is 1.67. The van der Waals surface area contributed by atoms with Crippen LogP contribution in [0.25, 0.3) is 11.4 Å². The van der Waals surface area contributed by atoms with E-state index in [1.165, 1.54) is 11.1 Å². The summed E-state index contributed by atoms with van der Waals surface area (Å²) in [6.45, 7) is 4.10. The first kappa shape index (κ1) is 14.0. The molecule has 3 heterocycles. The summed E-state index contributed by atoms with van der Waals surface area (Å²) in [5.74, 6) is 0. The molecule has 0 N–H and O–H groups in total. The first-order valence-corrected chi connectivity index (χ1v) is 7.86. The molecule has 1 aliphatic heterocycles. The Morgan fingerprint density at radius 1 is 0.826 bits per heavy atom. The van der Waals surface area contributed by atoms with E-state index >= 15 is 0 Å². The Morgan fingerprint density at radius 2 is 1.52 bits per heavy atom. The first-order valence-electron chi connectivity index (χ1n) is 7.86. The van der Waals surface area contributed by atoms with Crippen molar-refractivity contribution in [3.8, 4) is 11.4 Å². The van der Waals surface area contributed by atoms with Gasteiger partial charge in [-0.1, -0.05) is 30.3 Å². The topological polar surface area (TPSA) is 41.9 Å². The smallest absolute Gasteiger partial charge is 0.112 e. The van der Waals surface area contributed by atoms with E-state index in [9.17, 15) is 0 Å². The predicted octanol–water partition coefficient (Wildman–Crippen LogP) is 3.62. The lowest BCUT2D eigenvalue weighted by Gasteiger charge is -2.24. The molecule has 0 amide bonds. The van der Waals surface area contributed by atoms with Crippen molar-refractivity contribution >= 4 is 0 Å². The standard InChI is InChI=1S/C19H18N4/c1-14(23-12-15-6-2-3-7-16(15)13-23)18-19(22-11-10-21-18)17-8-4-5-9-20-17/h2-11,14H,12-13H2,1H3/t14-/m1/s1. The molecular formula is C19H18N4. The molecule has 23 heavy (non-hydrogen) atoms. The van der Waals surface area contributed by atoms with Crippen LogP contribution in [0.2, 0.25) is 0 Å². The number of hydrogen-bond donors (Lipinski definition) is 0. The first-order chi connectivity index (χ1) is 11.3. The lowest BCUT2D eigenvalue weighted by atomic mass is 10.1. The fourth-order valence-electron chi connectivity index (χ4n) is 3.16. The van der Waals surface area contributed by atoms with E-state index in [-0.39, 0.29) is 6.04 Å². The summed E-state index contributed by atoms with van der Waals surface area (Å²) < 4.78 is 0. The van der Waals surface area contributed by atoms with E-state index in [1.54, 1.807) is 18.6 Å². The van der Waals surface area contributed by atoms with Crippen LogP contribution in [-0.2, 0) is 13.1 Å². The molecule has 2 aromatic heterocycles. The predicted molar refractivity (Wildman–Crippen MR) is 89.4 cm³/mol. The molecule has 4 rings (SSSR count). The Hall–Kier alpha value is -2.59. The van der Waals surface area contributed by atoms with E-state index in [0.29, 0.717) is 0 Å². The SMILES string of the molecule is C[C@H](c1nccnc1-c1ccccn1)N1Cc2ccccc2C1. The molecule has 0 bridgehead atoms. The fraction of sp³-hybridized carbons (Fsp3) is 0.211. The minimum absolute atomic E-state index is 0.188. The fourth-order valence-corrected chi connectivity index (χ4v) is 3.16. The molecule has 4 heteroatoms. The molecule has 114 valence electrons. The maximum absolute atomic E-state index is 4.62. The maximum atomic E-state index is 4.62. The van der Waals surface area contributed by atoms with Crippen molar-refractivity contribution in [3.63, 3.8) is 0 Å². The van der Waals surface area contributed by atoms with Crippen molar-refractivity contribution in [2.45, 2.75) is 26.1 Å². The lowest BCUT2D eigenvalue weighted by molar-refractivity contribution is 0.211. The Kier molecular flexibility index (Phi) is 3.60. The van der Waals surface area contributed by atoms with Gasteiger partial charge in [0.25, 0.3) is 0 Å². The number of pyridine rings is 1. The van der Waals surface area contributed by atoms with Crippen LogP contribution in [0.15, 0.2) is 61.1 Å². The van der Waals surface area contributed by atoms with Gasteiger partial charge in [0.05, 0.1) is 17.4 Å². The van der Waals surface area contributed by atoms with Crippen molar-refractivity contribution in [3.05, 3.63) is 77.9 Å². The third-order valence-corrected chi connectivity index (χ3v) is 4.44. The molecule has 0 saturated carbocycles. The maximum Gasteiger partial charge on any atom is 0.112 e. The van der Waals surface area contributed by atoms with Gasteiger partial charge in [0, 0.05) is 31.7 Å². The van der Waals surface area contributed by atoms with Gasteiger partial charge in [0.2, 0.25) is 0 Å². The number of nitrogens with zero attached hydrogens (tertiary/aromatic N) is 4. The summed E-state index contributed by atoms with van der Waals surface area (Å²) in [6.07, 6.45) is 5.30. The zero-order chi connectivity index (χ0) is 15.6. The third kappa shape index (κ3) is 2.62. The van der Waals surface area contributed by atoms with Crippen molar-refractivity contribution in [2.75, 3.05) is 0 Å². The van der Waals surface area contributed by atoms with Gasteiger partial charge in [-0.05, 0) is 30.2 Å². The molecule has 1 aromatic carbocycles. The normalized spacial score (nSPS) is 15.3. The number of benzene rings is 1. The highest BCUT2D eigenvalue weighted by Crippen LogP contribution is 2.33. The second kappa shape index (κ2) is 5.89. The van der Waals surface area contributed by atoms with Crippen molar-refractivity contribution in [2.24, 2.45) is 0 Å². The van der Waals surface area contributed by atoms with Gasteiger partial charge in [-0.3, -0.25) is 19.9 Å². The van der Waals surface area contributed by atoms with E-state index in [4.69, 9.17) is 0 Å². The monoisotopic (exact) mass is 302 g/mol. The second-order valence-electron chi connectivity index (χ2n) is 5.85. The van der Waals surface area contributed by atoms with Crippen LogP contribution < -0.4 is 0 Å². The Labute approximate surface area is 135 Å². The minimum Gasteiger partial charge on any atom is -0.286 e. The average molecular weight is 302 g/mol. The molecule has 1 aliphatic rings. The van der Waals surface area contributed by atoms with Gasteiger partial charge in [-0.25, -0.2) is 0 Å². The third-order valence-electron chi connectivity index (χ3n) is 4.44. The minimum atomic E-state index is 0.188. The van der Waals surface area contributed by atoms with Crippen molar-refractivity contribution in [1.82, 2.24) is 19.9 Å². The summed E-state index contributed by atoms with van der Waals surface area (Å²) in [5.41, 5.74) is 5.54. The van der Waals surface area contributed by atoms with E-state index in [1.807, 2.05) is 18.2 Å². The van der Waals surface area contributed by atoms with Gasteiger partial charge in [-0.15, -0.1) is 0 Å². The van der Waals surface area contributed by atoms with Crippen LogP contribution in [0.3, 0.4) is 0 Å². The molecule has 3 aromatic rings. The van der Waals surface area contributed by atoms with Crippen LogP contribution >= 0.6 is 0 Å². The van der Waals surface area contributed by atoms with E-state index in [0.717, 1.165) is 30.2 Å². The quantitative estimate of drug-likeness (QED) is 0.741. The van der Waals surface area contributed by atoms with Crippen molar-refractivity contribution in [1.29, 1.82) is 0 Å². The van der Waals surface area contributed by atoms with Gasteiger partial charge in [0.15, 0.2) is 0 Å². The summed E-state index contributed by atoms with van der Waals surface area (Å²) >= 11 is 0. The number of rotatable bonds is 3. The molecular weight excluding hydrogens is 284 g/mol. The summed E-state index contributed by atoms with van der Waals surface area (Å²) in [6, 6.07) is 14.7. The molecule has 1 atom stereocenters. The lowest BCUT2D eigenvalue weighted by Crippen LogP contribution is -2.22. The van der Waals surface area contributed by atoms with Crippen LogP contribution in [-0.4, -0.2) is 19.9 Å². The summed E-state index contributed by atoms with van der Waals surface area (Å²) in [7, 11) is 0. The van der Waals surface area contributed by atoms with Crippen LogP contribution in [0.4, 0.5) is 0 Å². The number of fused-ring (bicyclic) bond motifs is 1. The van der Waals surface area contributed by atoms with Crippen molar-refractivity contribution < 1.29 is 0 Å². The second-order valence-corrected chi connectivity index (χ2v) is 5.85. The van der Waals surface area contributed by atoms with E-state index in [2.05, 4.69) is 51.0 Å². The van der Waals surface area contributed by atoms with Gasteiger partial charge >= 0.3 is 0 Å². The molecule has 0 saturated heterocycles. The van der Waals surface area contributed by atoms with Crippen LogP contribution in [0, 0.1) is 0 Å². The zero-order valence-electron chi connectivity index (χ0n) is 13.1. The molecule has 0 unspecified atom stereocenters. The number of aromatic nitrogens is 3. The average Bonchev–Trinajstić information content (AvgIpc) is 3.06. The van der Waals surface area contributed by atoms with Crippen LogP contribution in [0.5, 0.6) is 0 Å². The molecule has 0 aliphatic carbocycles. The largest absolute Gasteiger partial charge is 0.286 e. The summed E-state index contributed by atoms with van der Waals surface area (Å²) in [5, 5.41) is 0. The highest BCUT2D eigenvalue weighted by molar-refractivity contribution is 5.57. The highest BCUT2D eigenvalue weighted by atomic mass is 15.2. The molecule has 0 spiro atoms. The van der Waals surface area contributed by atoms with E-state index < -0.39 is 0 Å². The van der Waals surface area contributed by atoms with Gasteiger partial charge in [-0.2, -0.15) is 0 Å². The Morgan fingerprint density at radius 3 is 2.22 bits per heavy atom. The molecule has 4 nitrogen and oxygen atoms in total. The molecule has 0 radical (unpaired) electrons. The van der Waals surface area contributed by atoms with Crippen LogP contribution in [0.1, 0.15) is 29.8 Å². The van der Waals surface area contributed by atoms with Gasteiger partial charge < -0.3 is 0 Å². The molecule has 0 fully saturated rings. The zero-order valence-corrected chi connectivity index (χ0v) is 13.1. The highest BCUT2D eigenvalue weighted by Gasteiger charge is 2.26. The number of hydrogen-bond acceptors (Lipinski definition) is 4. The van der Waals surface area contributed by atoms with Gasteiger partial charge in [0.1, 0.15) is 5.69 Å².